The summed E-state index contributed by atoms with van der Waals surface area (Å²) >= 11 is 6.04. The number of para-hydroxylation sites is 1. The molecule has 0 spiro atoms. The van der Waals surface area contributed by atoms with Gasteiger partial charge in [0.05, 0.1) is 0 Å². The third-order valence-corrected chi connectivity index (χ3v) is 4.25. The molecule has 0 aliphatic rings. The summed E-state index contributed by atoms with van der Waals surface area (Å²) in [6.45, 7) is 1.65. The van der Waals surface area contributed by atoms with Crippen molar-refractivity contribution in [3.05, 3.63) is 65.8 Å². The summed E-state index contributed by atoms with van der Waals surface area (Å²) in [6, 6.07) is 17.8. The fourth-order valence-electron chi connectivity index (χ4n) is 2.68. The molecule has 0 atom stereocenters. The molecular weight excluding hydrogens is 322 g/mol. The van der Waals surface area contributed by atoms with Crippen LogP contribution in [-0.4, -0.2) is 30.6 Å². The van der Waals surface area contributed by atoms with Gasteiger partial charge in [-0.2, -0.15) is 0 Å². The second-order valence-corrected chi connectivity index (χ2v) is 6.19. The molecule has 1 amide bonds. The van der Waals surface area contributed by atoms with E-state index in [1.165, 1.54) is 0 Å². The predicted octanol–water partition coefficient (Wildman–Crippen LogP) is 3.55. The molecule has 0 aliphatic heterocycles. The van der Waals surface area contributed by atoms with Crippen molar-refractivity contribution in [2.24, 2.45) is 0 Å². The van der Waals surface area contributed by atoms with Crippen molar-refractivity contribution in [1.82, 2.24) is 9.88 Å². The number of hydrogen-bond donors (Lipinski definition) is 1. The summed E-state index contributed by atoms with van der Waals surface area (Å²) in [5, 5.41) is 4.72. The maximum atomic E-state index is 12.2. The van der Waals surface area contributed by atoms with E-state index in [-0.39, 0.29) is 5.91 Å². The highest BCUT2D eigenvalue weighted by Gasteiger charge is 2.07. The number of carbonyl (C=O) groups excluding carboxylic acids is 1. The quantitative estimate of drug-likeness (QED) is 0.744. The van der Waals surface area contributed by atoms with Crippen molar-refractivity contribution >= 4 is 34.1 Å². The van der Waals surface area contributed by atoms with Crippen LogP contribution in [0.2, 0.25) is 5.02 Å². The third kappa shape index (κ3) is 3.89. The van der Waals surface area contributed by atoms with Crippen molar-refractivity contribution in [3.8, 4) is 0 Å². The van der Waals surface area contributed by atoms with Gasteiger partial charge in [-0.1, -0.05) is 35.9 Å². The molecule has 3 aromatic rings. The maximum Gasteiger partial charge on any atom is 0.240 e. The third-order valence-electron chi connectivity index (χ3n) is 4.02. The normalized spacial score (nSPS) is 10.8. The molecule has 4 nitrogen and oxygen atoms in total. The molecule has 2 aromatic carbocycles. The Hall–Kier alpha value is -2.46. The van der Waals surface area contributed by atoms with Gasteiger partial charge in [-0.25, -0.2) is 0 Å². The van der Waals surface area contributed by atoms with E-state index >= 15 is 0 Å². The Morgan fingerprint density at radius 3 is 2.75 bits per heavy atom. The van der Waals surface area contributed by atoms with Crippen LogP contribution in [-0.2, 0) is 11.3 Å². The first-order chi connectivity index (χ1) is 11.6. The van der Waals surface area contributed by atoms with Crippen molar-refractivity contribution < 1.29 is 4.79 Å². The number of aromatic nitrogens is 1. The van der Waals surface area contributed by atoms with E-state index in [4.69, 9.17) is 11.6 Å². The average molecular weight is 342 g/mol. The second-order valence-electron chi connectivity index (χ2n) is 5.75. The first-order valence-electron chi connectivity index (χ1n) is 7.91. The highest BCUT2D eigenvalue weighted by atomic mass is 35.5. The van der Waals surface area contributed by atoms with Crippen LogP contribution in [0.4, 0.5) is 5.69 Å². The van der Waals surface area contributed by atoms with E-state index in [1.807, 2.05) is 60.3 Å². The number of anilines is 1. The number of carbonyl (C=O) groups is 1. The van der Waals surface area contributed by atoms with Crippen molar-refractivity contribution in [3.63, 3.8) is 0 Å². The van der Waals surface area contributed by atoms with E-state index in [0.717, 1.165) is 23.1 Å². The summed E-state index contributed by atoms with van der Waals surface area (Å²) < 4.78 is 1.91. The Labute approximate surface area is 146 Å². The number of nitrogens with zero attached hydrogens (tertiary/aromatic N) is 2. The lowest BCUT2D eigenvalue weighted by atomic mass is 10.2. The largest absolute Gasteiger partial charge is 0.373 e. The SMILES string of the molecule is CN(CCNC(=O)Cn1ccc2ccc(Cl)cc21)c1ccccc1. The fourth-order valence-corrected chi connectivity index (χ4v) is 2.85. The first-order valence-corrected chi connectivity index (χ1v) is 8.28. The number of hydrogen-bond acceptors (Lipinski definition) is 2. The van der Waals surface area contributed by atoms with Gasteiger partial charge in [0.1, 0.15) is 6.54 Å². The Bertz CT molecular complexity index is 829. The van der Waals surface area contributed by atoms with E-state index in [2.05, 4.69) is 22.3 Å². The molecule has 0 aliphatic carbocycles. The predicted molar refractivity (Wildman–Crippen MR) is 99.7 cm³/mol. The van der Waals surface area contributed by atoms with Gasteiger partial charge < -0.3 is 14.8 Å². The van der Waals surface area contributed by atoms with Gasteiger partial charge in [-0.3, -0.25) is 4.79 Å². The lowest BCUT2D eigenvalue weighted by Gasteiger charge is -2.19. The average Bonchev–Trinajstić information content (AvgIpc) is 2.97. The van der Waals surface area contributed by atoms with Crippen LogP contribution in [0, 0.1) is 0 Å². The number of rotatable bonds is 6. The van der Waals surface area contributed by atoms with Gasteiger partial charge in [-0.15, -0.1) is 0 Å². The van der Waals surface area contributed by atoms with Gasteiger partial charge >= 0.3 is 0 Å². The van der Waals surface area contributed by atoms with E-state index in [9.17, 15) is 4.79 Å². The minimum absolute atomic E-state index is 0.00561. The van der Waals surface area contributed by atoms with Crippen molar-refractivity contribution in [1.29, 1.82) is 0 Å². The highest BCUT2D eigenvalue weighted by Crippen LogP contribution is 2.20. The molecule has 0 saturated carbocycles. The summed E-state index contributed by atoms with van der Waals surface area (Å²) in [6.07, 6.45) is 1.91. The molecule has 0 saturated heterocycles. The maximum absolute atomic E-state index is 12.2. The smallest absolute Gasteiger partial charge is 0.240 e. The van der Waals surface area contributed by atoms with Gasteiger partial charge in [-0.05, 0) is 35.7 Å². The minimum atomic E-state index is -0.00561. The minimum Gasteiger partial charge on any atom is -0.373 e. The van der Waals surface area contributed by atoms with Crippen LogP contribution in [0.25, 0.3) is 10.9 Å². The molecule has 24 heavy (non-hydrogen) atoms. The summed E-state index contributed by atoms with van der Waals surface area (Å²) in [7, 11) is 2.02. The Morgan fingerprint density at radius 2 is 1.96 bits per heavy atom. The van der Waals surface area contributed by atoms with Crippen LogP contribution in [0.5, 0.6) is 0 Å². The Morgan fingerprint density at radius 1 is 1.17 bits per heavy atom. The number of nitrogens with one attached hydrogen (secondary N) is 1. The van der Waals surface area contributed by atoms with E-state index < -0.39 is 0 Å². The van der Waals surface area contributed by atoms with E-state index in [1.54, 1.807) is 0 Å². The molecule has 124 valence electrons. The zero-order valence-electron chi connectivity index (χ0n) is 13.6. The van der Waals surface area contributed by atoms with Crippen LogP contribution < -0.4 is 10.2 Å². The topological polar surface area (TPSA) is 37.3 Å². The fraction of sp³-hybridized carbons (Fsp3) is 0.211. The monoisotopic (exact) mass is 341 g/mol. The standard InChI is InChI=1S/C19H20ClN3O/c1-22(17-5-3-2-4-6-17)12-10-21-19(24)14-23-11-9-15-7-8-16(20)13-18(15)23/h2-9,11,13H,10,12,14H2,1H3,(H,21,24). The lowest BCUT2D eigenvalue weighted by molar-refractivity contribution is -0.121. The summed E-state index contributed by atoms with van der Waals surface area (Å²) in [5.74, 6) is -0.00561. The first kappa shape index (κ1) is 16.4. The van der Waals surface area contributed by atoms with E-state index in [0.29, 0.717) is 18.1 Å². The molecule has 1 aromatic heterocycles. The molecule has 0 radical (unpaired) electrons. The van der Waals surface area contributed by atoms with Crippen LogP contribution in [0.15, 0.2) is 60.8 Å². The van der Waals surface area contributed by atoms with Crippen molar-refractivity contribution in [2.75, 3.05) is 25.0 Å². The molecule has 0 fully saturated rings. The van der Waals surface area contributed by atoms with Gasteiger partial charge in [0, 0.05) is 42.6 Å². The number of halogens is 1. The van der Waals surface area contributed by atoms with Crippen molar-refractivity contribution in [2.45, 2.75) is 6.54 Å². The number of likely N-dealkylation sites (N-methyl/N-ethyl adjacent to an activating group) is 1. The summed E-state index contributed by atoms with van der Waals surface area (Å²) in [5.41, 5.74) is 2.11. The second kappa shape index (κ2) is 7.41. The zero-order chi connectivity index (χ0) is 16.9. The summed E-state index contributed by atoms with van der Waals surface area (Å²) in [4.78, 5) is 14.3. The van der Waals surface area contributed by atoms with Gasteiger partial charge in [0.15, 0.2) is 0 Å². The van der Waals surface area contributed by atoms with Gasteiger partial charge in [0.2, 0.25) is 5.91 Å². The molecular formula is C19H20ClN3O. The Kier molecular flexibility index (Phi) is 5.06. The zero-order valence-corrected chi connectivity index (χ0v) is 14.3. The number of fused-ring (bicyclic) bond motifs is 1. The molecule has 1 N–H and O–H groups in total. The molecule has 0 bridgehead atoms. The number of amides is 1. The lowest BCUT2D eigenvalue weighted by Crippen LogP contribution is -2.34. The van der Waals surface area contributed by atoms with Crippen LogP contribution in [0.1, 0.15) is 0 Å². The molecule has 0 unspecified atom stereocenters. The highest BCUT2D eigenvalue weighted by molar-refractivity contribution is 6.31. The van der Waals surface area contributed by atoms with Crippen LogP contribution >= 0.6 is 11.6 Å². The van der Waals surface area contributed by atoms with Gasteiger partial charge in [0.25, 0.3) is 0 Å². The Balaban J connectivity index is 1.53. The van der Waals surface area contributed by atoms with Crippen LogP contribution in [0.3, 0.4) is 0 Å². The molecule has 5 heteroatoms. The molecule has 3 rings (SSSR count). The number of benzene rings is 2. The molecule has 1 heterocycles.